The lowest BCUT2D eigenvalue weighted by Gasteiger charge is -2.36. The minimum absolute atomic E-state index is 0.0394. The van der Waals surface area contributed by atoms with Crippen LogP contribution in [0, 0.1) is 0 Å². The molecule has 4 aromatic rings. The van der Waals surface area contributed by atoms with Crippen molar-refractivity contribution in [3.63, 3.8) is 0 Å². The van der Waals surface area contributed by atoms with Crippen LogP contribution in [0.25, 0.3) is 0 Å². The molecule has 0 radical (unpaired) electrons. The van der Waals surface area contributed by atoms with E-state index in [-0.39, 0.29) is 48.8 Å². The number of hydrogen-bond acceptors (Lipinski definition) is 13. The third-order valence-electron chi connectivity index (χ3n) is 10.0. The molecule has 2 aromatic heterocycles. The van der Waals surface area contributed by atoms with Gasteiger partial charge in [-0.15, -0.1) is 0 Å². The van der Waals surface area contributed by atoms with Crippen molar-refractivity contribution in [2.45, 2.75) is 44.7 Å². The highest BCUT2D eigenvalue weighted by molar-refractivity contribution is 9.10. The van der Waals surface area contributed by atoms with Crippen molar-refractivity contribution in [1.82, 2.24) is 35.1 Å². The molecule has 0 spiro atoms. The maximum absolute atomic E-state index is 13.9. The average Bonchev–Trinajstić information content (AvgIpc) is 3.51. The molecule has 0 bridgehead atoms. The van der Waals surface area contributed by atoms with Gasteiger partial charge in [-0.2, -0.15) is 18.2 Å². The quantitative estimate of drug-likeness (QED) is 0.185. The summed E-state index contributed by atoms with van der Waals surface area (Å²) in [6, 6.07) is 10.4. The molecular weight excluding hydrogens is 835 g/mol. The van der Waals surface area contributed by atoms with Gasteiger partial charge in [0.15, 0.2) is 5.82 Å². The van der Waals surface area contributed by atoms with Crippen molar-refractivity contribution < 1.29 is 36.0 Å². The lowest BCUT2D eigenvalue weighted by molar-refractivity contribution is -0.138. The van der Waals surface area contributed by atoms with Crippen LogP contribution in [0.1, 0.15) is 45.6 Å². The van der Waals surface area contributed by atoms with Crippen molar-refractivity contribution in [2.75, 3.05) is 59.3 Å². The largest absolute Gasteiger partial charge is 0.421 e. The zero-order valence-corrected chi connectivity index (χ0v) is 33.1. The Kier molecular flexibility index (Phi) is 11.1. The lowest BCUT2D eigenvalue weighted by Crippen LogP contribution is -2.52. The van der Waals surface area contributed by atoms with Gasteiger partial charge in [0.25, 0.3) is 5.91 Å². The van der Waals surface area contributed by atoms with Gasteiger partial charge in [0.1, 0.15) is 23.1 Å². The SMILES string of the molecule is CN(c1nccnc1CNc1nc(Nc2ccc(N3CCN(Cc4ccc5c(c4Br)CN(C4CCC(=O)NC4=O)C5=O)CC3)cc2)ncc1C(F)(F)F)S(C)(=O)=O. The molecule has 7 rings (SSSR count). The molecule has 300 valence electrons. The first-order valence-corrected chi connectivity index (χ1v) is 20.4. The van der Waals surface area contributed by atoms with Crippen LogP contribution in [0.15, 0.2) is 59.5 Å². The second-order valence-electron chi connectivity index (χ2n) is 13.8. The fraction of sp³-hybridized carbons (Fsp3) is 0.361. The lowest BCUT2D eigenvalue weighted by atomic mass is 10.0. The Morgan fingerprint density at radius 2 is 1.72 bits per heavy atom. The molecule has 57 heavy (non-hydrogen) atoms. The van der Waals surface area contributed by atoms with Crippen LogP contribution in [0.3, 0.4) is 0 Å². The van der Waals surface area contributed by atoms with Gasteiger partial charge in [0.2, 0.25) is 27.8 Å². The van der Waals surface area contributed by atoms with Gasteiger partial charge in [0.05, 0.1) is 12.8 Å². The number of anilines is 5. The number of amides is 3. The van der Waals surface area contributed by atoms with Crippen LogP contribution in [0.4, 0.5) is 42.1 Å². The highest BCUT2D eigenvalue weighted by Crippen LogP contribution is 2.36. The number of nitrogens with zero attached hydrogens (tertiary/aromatic N) is 8. The number of hydrogen-bond donors (Lipinski definition) is 3. The summed E-state index contributed by atoms with van der Waals surface area (Å²) in [5.74, 6) is -1.65. The van der Waals surface area contributed by atoms with Crippen molar-refractivity contribution in [3.05, 3.63) is 87.4 Å². The summed E-state index contributed by atoms with van der Waals surface area (Å²) in [4.78, 5) is 59.5. The number of benzene rings is 2. The summed E-state index contributed by atoms with van der Waals surface area (Å²) in [5.41, 5.74) is 2.90. The topological polar surface area (TPSA) is 186 Å². The Hall–Kier alpha value is -5.41. The predicted octanol–water partition coefficient (Wildman–Crippen LogP) is 3.88. The standard InChI is InChI=1S/C36H37BrF3N11O5S/c1-48(57(2,55)56)32-27(41-11-12-42-32)18-43-31-26(36(38,39)40)17-44-35(47-31)45-22-4-6-23(7-5-22)50-15-13-49(14-16-50)19-21-3-8-24-25(30(21)37)20-51(34(24)54)28-9-10-29(52)46-33(28)53/h3-8,11-12,17,28H,9-10,13-16,18-20H2,1-2H3,(H,46,52,53)(H2,43,44,45,47). The van der Waals surface area contributed by atoms with Crippen LogP contribution in [-0.2, 0) is 45.4 Å². The molecule has 3 amide bonds. The van der Waals surface area contributed by atoms with E-state index < -0.39 is 39.5 Å². The van der Waals surface area contributed by atoms with Crippen LogP contribution in [-0.4, -0.2) is 101 Å². The fourth-order valence-corrected chi connectivity index (χ4v) is 7.98. The van der Waals surface area contributed by atoms with E-state index in [2.05, 4.69) is 61.6 Å². The molecule has 1 unspecified atom stereocenters. The number of fused-ring (bicyclic) bond motifs is 1. The van der Waals surface area contributed by atoms with Gasteiger partial charge >= 0.3 is 6.18 Å². The summed E-state index contributed by atoms with van der Waals surface area (Å²) in [7, 11) is -2.44. The second-order valence-corrected chi connectivity index (χ2v) is 16.6. The number of alkyl halides is 3. The monoisotopic (exact) mass is 871 g/mol. The van der Waals surface area contributed by atoms with Gasteiger partial charge in [-0.05, 0) is 47.9 Å². The Balaban J connectivity index is 0.960. The number of carbonyl (C=O) groups is 3. The van der Waals surface area contributed by atoms with E-state index in [0.717, 1.165) is 58.0 Å². The maximum Gasteiger partial charge on any atom is 0.421 e. The second kappa shape index (κ2) is 15.9. The minimum Gasteiger partial charge on any atom is -0.369 e. The number of nitrogens with one attached hydrogen (secondary N) is 3. The highest BCUT2D eigenvalue weighted by Gasteiger charge is 2.40. The van der Waals surface area contributed by atoms with Gasteiger partial charge in [0, 0.05) is 92.7 Å². The Labute approximate surface area is 334 Å². The predicted molar refractivity (Wildman–Crippen MR) is 207 cm³/mol. The van der Waals surface area contributed by atoms with E-state index >= 15 is 0 Å². The van der Waals surface area contributed by atoms with Crippen molar-refractivity contribution in [1.29, 1.82) is 0 Å². The van der Waals surface area contributed by atoms with Crippen LogP contribution < -0.4 is 25.2 Å². The third kappa shape index (κ3) is 8.64. The summed E-state index contributed by atoms with van der Waals surface area (Å²) in [5, 5.41) is 7.91. The molecule has 21 heteroatoms. The number of piperidine rings is 1. The normalized spacial score (nSPS) is 17.7. The zero-order valence-electron chi connectivity index (χ0n) is 30.7. The minimum atomic E-state index is -4.78. The molecular formula is C36H37BrF3N11O5S. The number of piperazine rings is 1. The van der Waals surface area contributed by atoms with Gasteiger partial charge in [-0.1, -0.05) is 22.0 Å². The van der Waals surface area contributed by atoms with E-state index in [0.29, 0.717) is 30.4 Å². The van der Waals surface area contributed by atoms with Crippen molar-refractivity contribution in [3.8, 4) is 0 Å². The molecule has 0 aliphatic carbocycles. The number of halogens is 4. The van der Waals surface area contributed by atoms with Crippen molar-refractivity contribution in [2.24, 2.45) is 0 Å². The molecule has 2 aromatic carbocycles. The van der Waals surface area contributed by atoms with Crippen LogP contribution in [0.5, 0.6) is 0 Å². The number of aromatic nitrogens is 4. The molecule has 5 heterocycles. The van der Waals surface area contributed by atoms with E-state index in [1.54, 1.807) is 18.2 Å². The molecule has 0 saturated carbocycles. The van der Waals surface area contributed by atoms with E-state index in [1.807, 2.05) is 18.2 Å². The maximum atomic E-state index is 13.9. The summed E-state index contributed by atoms with van der Waals surface area (Å²) in [6.45, 7) is 3.64. The number of carbonyl (C=O) groups excluding carboxylic acids is 3. The number of rotatable bonds is 11. The summed E-state index contributed by atoms with van der Waals surface area (Å²) < 4.78 is 67.7. The van der Waals surface area contributed by atoms with Crippen molar-refractivity contribution >= 4 is 72.6 Å². The van der Waals surface area contributed by atoms with E-state index in [4.69, 9.17) is 0 Å². The van der Waals surface area contributed by atoms with E-state index in [1.165, 1.54) is 24.3 Å². The summed E-state index contributed by atoms with van der Waals surface area (Å²) >= 11 is 3.72. The molecule has 3 aliphatic rings. The Morgan fingerprint density at radius 3 is 2.40 bits per heavy atom. The number of imide groups is 1. The molecule has 2 saturated heterocycles. The molecule has 3 N–H and O–H groups in total. The Morgan fingerprint density at radius 1 is 1.00 bits per heavy atom. The average molecular weight is 873 g/mol. The zero-order chi connectivity index (χ0) is 40.6. The molecule has 3 aliphatic heterocycles. The first-order valence-electron chi connectivity index (χ1n) is 17.8. The van der Waals surface area contributed by atoms with Crippen LogP contribution >= 0.6 is 15.9 Å². The highest BCUT2D eigenvalue weighted by atomic mass is 79.9. The number of sulfonamides is 1. The van der Waals surface area contributed by atoms with Gasteiger partial charge < -0.3 is 20.4 Å². The van der Waals surface area contributed by atoms with E-state index in [9.17, 15) is 36.0 Å². The first kappa shape index (κ1) is 39.8. The first-order chi connectivity index (χ1) is 27.1. The smallest absolute Gasteiger partial charge is 0.369 e. The molecule has 1 atom stereocenters. The molecule has 2 fully saturated rings. The Bertz CT molecular complexity index is 2330. The van der Waals surface area contributed by atoms with Gasteiger partial charge in [-0.3, -0.25) is 33.9 Å². The summed E-state index contributed by atoms with van der Waals surface area (Å²) in [6.07, 6.45) is -0.0549. The van der Waals surface area contributed by atoms with Crippen LogP contribution in [0.2, 0.25) is 0 Å². The third-order valence-corrected chi connectivity index (χ3v) is 12.2. The molecule has 16 nitrogen and oxygen atoms in total. The van der Waals surface area contributed by atoms with Gasteiger partial charge in [-0.25, -0.2) is 18.4 Å². The fourth-order valence-electron chi connectivity index (χ4n) is 6.92.